The highest BCUT2D eigenvalue weighted by Crippen LogP contribution is 2.21. The number of aromatic nitrogens is 7. The average Bonchev–Trinajstić information content (AvgIpc) is 3.38. The van der Waals surface area contributed by atoms with Gasteiger partial charge in [0.25, 0.3) is 11.4 Å². The zero-order valence-electron chi connectivity index (χ0n) is 15.0. The largest absolute Gasteiger partial charge is 0.401 e. The molecule has 1 N–H and O–H groups in total. The summed E-state index contributed by atoms with van der Waals surface area (Å²) < 4.78 is 8.94. The van der Waals surface area contributed by atoms with Crippen molar-refractivity contribution in [3.63, 3.8) is 0 Å². The van der Waals surface area contributed by atoms with Crippen molar-refractivity contribution >= 4 is 34.4 Å². The third kappa shape index (κ3) is 2.90. The predicted octanol–water partition coefficient (Wildman–Crippen LogP) is -0.113. The van der Waals surface area contributed by atoms with Crippen molar-refractivity contribution in [2.24, 2.45) is 14.1 Å². The van der Waals surface area contributed by atoms with Crippen LogP contribution in [0.3, 0.4) is 0 Å². The molecular weight excluding hydrogens is 388 g/mol. The van der Waals surface area contributed by atoms with Gasteiger partial charge in [0.1, 0.15) is 12.2 Å². The number of rotatable bonds is 4. The summed E-state index contributed by atoms with van der Waals surface area (Å²) >= 11 is 1.44. The second-order valence-electron chi connectivity index (χ2n) is 5.96. The predicted molar refractivity (Wildman–Crippen MR) is 99.0 cm³/mol. The lowest BCUT2D eigenvalue weighted by Crippen LogP contribution is -2.37. The van der Waals surface area contributed by atoms with Crippen LogP contribution in [0.4, 0.5) is 6.01 Å². The summed E-state index contributed by atoms with van der Waals surface area (Å²) in [5.41, 5.74) is -0.172. The van der Waals surface area contributed by atoms with Crippen LogP contribution in [0.1, 0.15) is 5.01 Å². The highest BCUT2D eigenvalue weighted by molar-refractivity contribution is 7.09. The highest BCUT2D eigenvalue weighted by Gasteiger charge is 2.18. The van der Waals surface area contributed by atoms with E-state index in [2.05, 4.69) is 25.5 Å². The van der Waals surface area contributed by atoms with Crippen molar-refractivity contribution in [3.05, 3.63) is 37.6 Å². The molecular formula is C15H14N8O4S. The number of hydrogen-bond donors (Lipinski definition) is 1. The van der Waals surface area contributed by atoms with Crippen molar-refractivity contribution in [1.82, 2.24) is 33.9 Å². The molecule has 1 amide bonds. The Kier molecular flexibility index (Phi) is 4.15. The third-order valence-corrected chi connectivity index (χ3v) is 4.81. The van der Waals surface area contributed by atoms with Crippen LogP contribution in [-0.2, 0) is 25.4 Å². The minimum atomic E-state index is -0.539. The molecule has 0 bridgehead atoms. The Hall–Kier alpha value is -3.61. The van der Waals surface area contributed by atoms with E-state index < -0.39 is 17.2 Å². The number of nitrogens with zero attached hydrogens (tertiary/aromatic N) is 7. The third-order valence-electron chi connectivity index (χ3n) is 4.04. The molecule has 0 unspecified atom stereocenters. The smallest absolute Gasteiger partial charge is 0.332 e. The first-order valence-corrected chi connectivity index (χ1v) is 8.90. The van der Waals surface area contributed by atoms with Gasteiger partial charge in [-0.1, -0.05) is 5.10 Å². The van der Waals surface area contributed by atoms with Gasteiger partial charge in [0.05, 0.1) is 11.3 Å². The Morgan fingerprint density at radius 3 is 2.75 bits per heavy atom. The van der Waals surface area contributed by atoms with Crippen LogP contribution >= 0.6 is 11.3 Å². The van der Waals surface area contributed by atoms with Crippen LogP contribution in [0.2, 0.25) is 0 Å². The quantitative estimate of drug-likeness (QED) is 0.498. The molecule has 4 aromatic heterocycles. The first-order chi connectivity index (χ1) is 13.3. The zero-order valence-corrected chi connectivity index (χ0v) is 15.9. The number of nitrogens with one attached hydrogen (secondary N) is 1. The Morgan fingerprint density at radius 2 is 2.04 bits per heavy atom. The molecule has 0 atom stereocenters. The number of aryl methyl sites for hydroxylation is 2. The number of thiazole rings is 1. The summed E-state index contributed by atoms with van der Waals surface area (Å²) in [4.78, 5) is 45.0. The van der Waals surface area contributed by atoms with Crippen LogP contribution in [0.5, 0.6) is 0 Å². The van der Waals surface area contributed by atoms with E-state index >= 15 is 0 Å². The van der Waals surface area contributed by atoms with Crippen LogP contribution < -0.4 is 16.6 Å². The van der Waals surface area contributed by atoms with Crippen LogP contribution in [0.25, 0.3) is 22.7 Å². The summed E-state index contributed by atoms with van der Waals surface area (Å²) in [7, 11) is 2.86. The molecule has 0 aromatic carbocycles. The number of fused-ring (bicyclic) bond motifs is 1. The number of hydrogen-bond acceptors (Lipinski definition) is 9. The fraction of sp³-hybridized carbons (Fsp3) is 0.267. The monoisotopic (exact) mass is 402 g/mol. The lowest BCUT2D eigenvalue weighted by atomic mass is 10.4. The topological polar surface area (TPSA) is 143 Å². The van der Waals surface area contributed by atoms with Gasteiger partial charge in [0, 0.05) is 19.5 Å². The molecule has 0 radical (unpaired) electrons. The van der Waals surface area contributed by atoms with Gasteiger partial charge in [-0.3, -0.25) is 24.0 Å². The van der Waals surface area contributed by atoms with E-state index in [0.717, 1.165) is 9.57 Å². The van der Waals surface area contributed by atoms with Gasteiger partial charge in [-0.15, -0.1) is 16.4 Å². The summed E-state index contributed by atoms with van der Waals surface area (Å²) in [5, 5.41) is 12.7. The van der Waals surface area contributed by atoms with Crippen molar-refractivity contribution in [3.8, 4) is 11.6 Å². The van der Waals surface area contributed by atoms with Crippen LogP contribution in [-0.4, -0.2) is 39.8 Å². The van der Waals surface area contributed by atoms with Gasteiger partial charge < -0.3 is 8.98 Å². The Labute approximate surface area is 160 Å². The maximum absolute atomic E-state index is 12.4. The van der Waals surface area contributed by atoms with Gasteiger partial charge in [-0.25, -0.2) is 14.8 Å². The number of imidazole rings is 1. The van der Waals surface area contributed by atoms with Crippen LogP contribution in [0.15, 0.2) is 25.7 Å². The zero-order chi connectivity index (χ0) is 20.0. The summed E-state index contributed by atoms with van der Waals surface area (Å²) in [6, 6.07) is -0.0876. The normalized spacial score (nSPS) is 11.2. The first-order valence-electron chi connectivity index (χ1n) is 8.02. The standard InChI is InChI=1S/C15H14N8O4S/c1-7-17-8(5-28-7)12-19-20-14(27-12)18-9(24)4-23-6-16-11-10(23)13(25)22(3)15(26)21(11)2/h5-6H,4H2,1-3H3,(H,18,20,24). The molecule has 0 saturated heterocycles. The number of carbonyl (C=O) groups is 1. The van der Waals surface area contributed by atoms with E-state index in [1.165, 1.54) is 40.9 Å². The van der Waals surface area contributed by atoms with Gasteiger partial charge in [0.2, 0.25) is 5.91 Å². The average molecular weight is 402 g/mol. The molecule has 0 saturated carbocycles. The van der Waals surface area contributed by atoms with Crippen molar-refractivity contribution in [2.45, 2.75) is 13.5 Å². The molecule has 0 aliphatic rings. The van der Waals surface area contributed by atoms with E-state index in [1.807, 2.05) is 6.92 Å². The molecule has 0 aliphatic carbocycles. The van der Waals surface area contributed by atoms with Crippen molar-refractivity contribution < 1.29 is 9.21 Å². The van der Waals surface area contributed by atoms with E-state index in [4.69, 9.17) is 4.42 Å². The van der Waals surface area contributed by atoms with Gasteiger partial charge in [-0.05, 0) is 6.92 Å². The molecule has 0 fully saturated rings. The van der Waals surface area contributed by atoms with Gasteiger partial charge in [-0.2, -0.15) is 0 Å². The molecule has 28 heavy (non-hydrogen) atoms. The lowest BCUT2D eigenvalue weighted by Gasteiger charge is -2.06. The van der Waals surface area contributed by atoms with E-state index in [1.54, 1.807) is 5.38 Å². The Morgan fingerprint density at radius 1 is 1.25 bits per heavy atom. The van der Waals surface area contributed by atoms with E-state index in [0.29, 0.717) is 5.69 Å². The molecule has 0 spiro atoms. The van der Waals surface area contributed by atoms with E-state index in [9.17, 15) is 14.4 Å². The van der Waals surface area contributed by atoms with E-state index in [-0.39, 0.29) is 29.6 Å². The first kappa shape index (κ1) is 17.8. The molecule has 4 rings (SSSR count). The number of anilines is 1. The fourth-order valence-electron chi connectivity index (χ4n) is 2.67. The molecule has 4 aromatic rings. The highest BCUT2D eigenvalue weighted by atomic mass is 32.1. The van der Waals surface area contributed by atoms with Crippen LogP contribution in [0, 0.1) is 6.92 Å². The molecule has 144 valence electrons. The molecule has 12 nitrogen and oxygen atoms in total. The Balaban J connectivity index is 1.57. The maximum Gasteiger partial charge on any atom is 0.332 e. The lowest BCUT2D eigenvalue weighted by molar-refractivity contribution is -0.116. The van der Waals surface area contributed by atoms with Gasteiger partial charge >= 0.3 is 11.7 Å². The van der Waals surface area contributed by atoms with Gasteiger partial charge in [0.15, 0.2) is 11.2 Å². The summed E-state index contributed by atoms with van der Waals surface area (Å²) in [6.07, 6.45) is 1.32. The molecule has 0 aliphatic heterocycles. The van der Waals surface area contributed by atoms with Crippen molar-refractivity contribution in [2.75, 3.05) is 5.32 Å². The second kappa shape index (κ2) is 6.53. The summed E-state index contributed by atoms with van der Waals surface area (Å²) in [5.74, 6) is -0.309. The number of carbonyl (C=O) groups excluding carboxylic acids is 1. The minimum Gasteiger partial charge on any atom is -0.401 e. The molecule has 4 heterocycles. The number of amides is 1. The SMILES string of the molecule is Cc1nc(-c2nnc(NC(=O)Cn3cnc4c3c(=O)n(C)c(=O)n4C)o2)cs1. The second-order valence-corrected chi connectivity index (χ2v) is 7.02. The minimum absolute atomic E-state index is 0.0876. The fourth-order valence-corrected chi connectivity index (χ4v) is 3.26. The Bertz CT molecular complexity index is 1320. The maximum atomic E-state index is 12.4. The molecule has 13 heteroatoms. The summed E-state index contributed by atoms with van der Waals surface area (Å²) in [6.45, 7) is 1.63. The van der Waals surface area contributed by atoms with Crippen molar-refractivity contribution in [1.29, 1.82) is 0 Å².